The van der Waals surface area contributed by atoms with E-state index < -0.39 is 0 Å². The van der Waals surface area contributed by atoms with Crippen molar-refractivity contribution in [1.82, 2.24) is 10.2 Å². The molecule has 2 rings (SSSR count). The molecule has 2 unspecified atom stereocenters. The van der Waals surface area contributed by atoms with Crippen LogP contribution in [-0.2, 0) is 9.53 Å². The standard InChI is InChI=1S/C12H20N2O3/c1-9(15)7-11-3-2-5-14(11)12(16)13-10-4-6-17-8-10/h10-11H,2-8H2,1H3,(H,13,16). The molecule has 2 amide bonds. The molecule has 0 aliphatic carbocycles. The summed E-state index contributed by atoms with van der Waals surface area (Å²) >= 11 is 0. The van der Waals surface area contributed by atoms with Crippen molar-refractivity contribution in [1.29, 1.82) is 0 Å². The Labute approximate surface area is 101 Å². The van der Waals surface area contributed by atoms with E-state index in [0.717, 1.165) is 32.4 Å². The highest BCUT2D eigenvalue weighted by atomic mass is 16.5. The molecular formula is C12H20N2O3. The minimum absolute atomic E-state index is 0.0377. The Morgan fingerprint density at radius 3 is 2.88 bits per heavy atom. The van der Waals surface area contributed by atoms with Gasteiger partial charge in [-0.25, -0.2) is 4.79 Å². The largest absolute Gasteiger partial charge is 0.379 e. The summed E-state index contributed by atoms with van der Waals surface area (Å²) in [5, 5.41) is 2.97. The Hall–Kier alpha value is -1.10. The highest BCUT2D eigenvalue weighted by Gasteiger charge is 2.31. The predicted molar refractivity (Wildman–Crippen MR) is 62.8 cm³/mol. The highest BCUT2D eigenvalue weighted by Crippen LogP contribution is 2.20. The fourth-order valence-electron chi connectivity index (χ4n) is 2.55. The molecule has 0 spiro atoms. The normalized spacial score (nSPS) is 28.4. The van der Waals surface area contributed by atoms with E-state index in [1.165, 1.54) is 0 Å². The lowest BCUT2D eigenvalue weighted by atomic mass is 10.1. The summed E-state index contributed by atoms with van der Waals surface area (Å²) in [7, 11) is 0. The lowest BCUT2D eigenvalue weighted by Gasteiger charge is -2.25. The van der Waals surface area contributed by atoms with Gasteiger partial charge in [-0.2, -0.15) is 0 Å². The molecule has 0 bridgehead atoms. The maximum atomic E-state index is 12.0. The van der Waals surface area contributed by atoms with Gasteiger partial charge >= 0.3 is 6.03 Å². The number of nitrogens with one attached hydrogen (secondary N) is 1. The van der Waals surface area contributed by atoms with E-state index in [1.54, 1.807) is 11.8 Å². The van der Waals surface area contributed by atoms with E-state index in [9.17, 15) is 9.59 Å². The fourth-order valence-corrected chi connectivity index (χ4v) is 2.55. The second kappa shape index (κ2) is 5.49. The van der Waals surface area contributed by atoms with E-state index in [0.29, 0.717) is 13.0 Å². The van der Waals surface area contributed by atoms with Crippen LogP contribution in [0, 0.1) is 0 Å². The van der Waals surface area contributed by atoms with E-state index in [1.807, 2.05) is 0 Å². The molecule has 2 heterocycles. The maximum Gasteiger partial charge on any atom is 0.317 e. The molecule has 17 heavy (non-hydrogen) atoms. The minimum Gasteiger partial charge on any atom is -0.379 e. The van der Waals surface area contributed by atoms with Gasteiger partial charge in [0.25, 0.3) is 0 Å². The van der Waals surface area contributed by atoms with Crippen molar-refractivity contribution in [3.63, 3.8) is 0 Å². The monoisotopic (exact) mass is 240 g/mol. The molecule has 2 aliphatic heterocycles. The summed E-state index contributed by atoms with van der Waals surface area (Å²) in [5.41, 5.74) is 0. The number of hydrogen-bond acceptors (Lipinski definition) is 3. The SMILES string of the molecule is CC(=O)CC1CCCN1C(=O)NC1CCOC1. The van der Waals surface area contributed by atoms with Gasteiger partial charge in [0.05, 0.1) is 12.6 Å². The van der Waals surface area contributed by atoms with Crippen molar-refractivity contribution in [3.05, 3.63) is 0 Å². The lowest BCUT2D eigenvalue weighted by Crippen LogP contribution is -2.47. The van der Waals surface area contributed by atoms with Crippen molar-refractivity contribution in [2.24, 2.45) is 0 Å². The number of hydrogen-bond donors (Lipinski definition) is 1. The molecule has 2 atom stereocenters. The quantitative estimate of drug-likeness (QED) is 0.798. The predicted octanol–water partition coefficient (Wildman–Crippen LogP) is 0.928. The Balaban J connectivity index is 1.86. The second-order valence-electron chi connectivity index (χ2n) is 4.91. The first-order chi connectivity index (χ1) is 8.16. The number of carbonyl (C=O) groups is 2. The number of Topliss-reactive ketones (excluding diaryl/α,β-unsaturated/α-hetero) is 1. The molecule has 0 saturated carbocycles. The van der Waals surface area contributed by atoms with Gasteiger partial charge < -0.3 is 15.0 Å². The van der Waals surface area contributed by atoms with E-state index >= 15 is 0 Å². The van der Waals surface area contributed by atoms with E-state index in [2.05, 4.69) is 5.32 Å². The van der Waals surface area contributed by atoms with Crippen LogP contribution < -0.4 is 5.32 Å². The summed E-state index contributed by atoms with van der Waals surface area (Å²) in [6, 6.07) is 0.195. The third-order valence-electron chi connectivity index (χ3n) is 3.42. The molecule has 0 aromatic rings. The smallest absolute Gasteiger partial charge is 0.317 e. The Bertz CT molecular complexity index is 300. The van der Waals surface area contributed by atoms with Gasteiger partial charge in [-0.3, -0.25) is 4.79 Å². The average molecular weight is 240 g/mol. The second-order valence-corrected chi connectivity index (χ2v) is 4.91. The first-order valence-electron chi connectivity index (χ1n) is 6.31. The van der Waals surface area contributed by atoms with Crippen LogP contribution in [-0.4, -0.2) is 48.6 Å². The van der Waals surface area contributed by atoms with Crippen molar-refractivity contribution >= 4 is 11.8 Å². The van der Waals surface area contributed by atoms with Crippen molar-refractivity contribution in [3.8, 4) is 0 Å². The number of likely N-dealkylation sites (tertiary alicyclic amines) is 1. The Kier molecular flexibility index (Phi) is 3.99. The Morgan fingerprint density at radius 2 is 2.24 bits per heavy atom. The summed E-state index contributed by atoms with van der Waals surface area (Å²) in [4.78, 5) is 25.0. The molecule has 5 nitrogen and oxygen atoms in total. The zero-order chi connectivity index (χ0) is 12.3. The number of ketones is 1. The fraction of sp³-hybridized carbons (Fsp3) is 0.833. The molecule has 5 heteroatoms. The molecule has 0 aromatic carbocycles. The van der Waals surface area contributed by atoms with Gasteiger partial charge in [-0.1, -0.05) is 0 Å². The topological polar surface area (TPSA) is 58.6 Å². The molecule has 0 aromatic heterocycles. The third kappa shape index (κ3) is 3.19. The van der Waals surface area contributed by atoms with Crippen LogP contribution in [0.5, 0.6) is 0 Å². The van der Waals surface area contributed by atoms with Crippen LogP contribution in [0.4, 0.5) is 4.79 Å². The van der Waals surface area contributed by atoms with Crippen LogP contribution in [0.3, 0.4) is 0 Å². The number of ether oxygens (including phenoxy) is 1. The number of amides is 2. The van der Waals surface area contributed by atoms with Gasteiger partial charge in [0.1, 0.15) is 5.78 Å². The highest BCUT2D eigenvalue weighted by molar-refractivity contribution is 5.79. The van der Waals surface area contributed by atoms with Crippen molar-refractivity contribution in [2.45, 2.75) is 44.7 Å². The number of nitrogens with zero attached hydrogens (tertiary/aromatic N) is 1. The summed E-state index contributed by atoms with van der Waals surface area (Å²) in [6.07, 6.45) is 3.30. The molecule has 1 N–H and O–H groups in total. The number of rotatable bonds is 3. The summed E-state index contributed by atoms with van der Waals surface area (Å²) in [6.45, 7) is 3.68. The van der Waals surface area contributed by atoms with Crippen molar-refractivity contribution in [2.75, 3.05) is 19.8 Å². The van der Waals surface area contributed by atoms with Gasteiger partial charge in [-0.05, 0) is 26.2 Å². The summed E-state index contributed by atoms with van der Waals surface area (Å²) < 4.78 is 5.22. The zero-order valence-corrected chi connectivity index (χ0v) is 10.3. The number of urea groups is 1. The molecule has 0 radical (unpaired) electrons. The van der Waals surface area contributed by atoms with Crippen LogP contribution in [0.2, 0.25) is 0 Å². The first kappa shape index (κ1) is 12.4. The van der Waals surface area contributed by atoms with Gasteiger partial charge in [0.15, 0.2) is 0 Å². The van der Waals surface area contributed by atoms with E-state index in [4.69, 9.17) is 4.74 Å². The van der Waals surface area contributed by atoms with Crippen LogP contribution in [0.15, 0.2) is 0 Å². The van der Waals surface area contributed by atoms with Crippen LogP contribution in [0.1, 0.15) is 32.6 Å². The van der Waals surface area contributed by atoms with Gasteiger partial charge in [-0.15, -0.1) is 0 Å². The van der Waals surface area contributed by atoms with E-state index in [-0.39, 0.29) is 23.9 Å². The molecule has 2 aliphatic rings. The molecule has 2 saturated heterocycles. The lowest BCUT2D eigenvalue weighted by molar-refractivity contribution is -0.117. The number of carbonyl (C=O) groups excluding carboxylic acids is 2. The maximum absolute atomic E-state index is 12.0. The van der Waals surface area contributed by atoms with Gasteiger partial charge in [0.2, 0.25) is 0 Å². The van der Waals surface area contributed by atoms with Crippen molar-refractivity contribution < 1.29 is 14.3 Å². The van der Waals surface area contributed by atoms with Gasteiger partial charge in [0, 0.05) is 25.6 Å². The third-order valence-corrected chi connectivity index (χ3v) is 3.42. The average Bonchev–Trinajstić information content (AvgIpc) is 2.87. The molecular weight excluding hydrogens is 220 g/mol. The molecule has 96 valence electrons. The van der Waals surface area contributed by atoms with Crippen LogP contribution in [0.25, 0.3) is 0 Å². The van der Waals surface area contributed by atoms with Crippen LogP contribution >= 0.6 is 0 Å². The molecule has 2 fully saturated rings. The first-order valence-corrected chi connectivity index (χ1v) is 6.31. The summed E-state index contributed by atoms with van der Waals surface area (Å²) in [5.74, 6) is 0.152. The Morgan fingerprint density at radius 1 is 1.41 bits per heavy atom. The minimum atomic E-state index is -0.0377. The zero-order valence-electron chi connectivity index (χ0n) is 10.3.